The van der Waals surface area contributed by atoms with Crippen molar-refractivity contribution in [3.63, 3.8) is 0 Å². The molecule has 1 aliphatic rings. The van der Waals surface area contributed by atoms with Crippen LogP contribution in [0.5, 0.6) is 0 Å². The number of imide groups is 1. The van der Waals surface area contributed by atoms with E-state index in [1.54, 1.807) is 23.5 Å². The van der Waals surface area contributed by atoms with Crippen molar-refractivity contribution in [2.45, 2.75) is 18.8 Å². The van der Waals surface area contributed by atoms with Gasteiger partial charge in [-0.15, -0.1) is 11.3 Å². The molecule has 0 spiro atoms. The van der Waals surface area contributed by atoms with Crippen molar-refractivity contribution in [3.8, 4) is 0 Å². The number of benzene rings is 2. The molecule has 144 valence electrons. The van der Waals surface area contributed by atoms with Crippen molar-refractivity contribution < 1.29 is 9.59 Å². The standard InChI is InChI=1S/C21H22N4O2S/c26-19(24-21(27)22-16-6-2-1-3-7-16)14-25-12-10-15(11-13-25)20-23-17-8-4-5-9-18(17)28-20/h1-9,15H,10-14H2,(H2,22,24,26,27). The number of carbonyl (C=O) groups excluding carboxylic acids is 2. The molecule has 28 heavy (non-hydrogen) atoms. The van der Waals surface area contributed by atoms with Gasteiger partial charge in [0.1, 0.15) is 0 Å². The molecule has 0 bridgehead atoms. The number of para-hydroxylation sites is 2. The van der Waals surface area contributed by atoms with E-state index in [9.17, 15) is 9.59 Å². The Morgan fingerprint density at radius 1 is 1.04 bits per heavy atom. The van der Waals surface area contributed by atoms with Gasteiger partial charge in [-0.3, -0.25) is 15.0 Å². The summed E-state index contributed by atoms with van der Waals surface area (Å²) in [6.45, 7) is 1.89. The van der Waals surface area contributed by atoms with Crippen LogP contribution in [0.3, 0.4) is 0 Å². The molecule has 0 saturated carbocycles. The highest BCUT2D eigenvalue weighted by atomic mass is 32.1. The summed E-state index contributed by atoms with van der Waals surface area (Å²) < 4.78 is 1.23. The van der Waals surface area contributed by atoms with E-state index in [0.29, 0.717) is 11.6 Å². The molecule has 7 heteroatoms. The minimum Gasteiger partial charge on any atom is -0.308 e. The number of aromatic nitrogens is 1. The summed E-state index contributed by atoms with van der Waals surface area (Å²) in [4.78, 5) is 30.9. The lowest BCUT2D eigenvalue weighted by atomic mass is 9.97. The Morgan fingerprint density at radius 3 is 2.50 bits per heavy atom. The third kappa shape index (κ3) is 4.55. The zero-order chi connectivity index (χ0) is 19.3. The highest BCUT2D eigenvalue weighted by Gasteiger charge is 2.24. The summed E-state index contributed by atoms with van der Waals surface area (Å²) in [6, 6.07) is 16.8. The average molecular weight is 395 g/mol. The molecule has 4 rings (SSSR count). The van der Waals surface area contributed by atoms with E-state index in [-0.39, 0.29) is 12.5 Å². The van der Waals surface area contributed by atoms with Gasteiger partial charge in [0.05, 0.1) is 21.8 Å². The van der Waals surface area contributed by atoms with Crippen LogP contribution >= 0.6 is 11.3 Å². The fraction of sp³-hybridized carbons (Fsp3) is 0.286. The summed E-state index contributed by atoms with van der Waals surface area (Å²) in [5.74, 6) is 0.157. The molecule has 1 fully saturated rings. The first-order valence-corrected chi connectivity index (χ1v) is 10.2. The van der Waals surface area contributed by atoms with Crippen LogP contribution in [0.4, 0.5) is 10.5 Å². The van der Waals surface area contributed by atoms with E-state index in [4.69, 9.17) is 4.98 Å². The maximum Gasteiger partial charge on any atom is 0.325 e. The molecule has 3 aromatic rings. The van der Waals surface area contributed by atoms with E-state index in [1.165, 1.54) is 9.71 Å². The molecular formula is C21H22N4O2S. The lowest BCUT2D eigenvalue weighted by Crippen LogP contribution is -2.44. The third-order valence-electron chi connectivity index (χ3n) is 4.90. The van der Waals surface area contributed by atoms with Crippen LogP contribution in [0.2, 0.25) is 0 Å². The summed E-state index contributed by atoms with van der Waals surface area (Å²) in [7, 11) is 0. The minimum atomic E-state index is -0.499. The summed E-state index contributed by atoms with van der Waals surface area (Å²) >= 11 is 1.77. The zero-order valence-electron chi connectivity index (χ0n) is 15.4. The Bertz CT molecular complexity index is 932. The number of hydrogen-bond donors (Lipinski definition) is 2. The van der Waals surface area contributed by atoms with Gasteiger partial charge in [-0.05, 0) is 50.2 Å². The van der Waals surface area contributed by atoms with Gasteiger partial charge >= 0.3 is 6.03 Å². The van der Waals surface area contributed by atoms with Crippen molar-refractivity contribution in [2.75, 3.05) is 25.0 Å². The summed E-state index contributed by atoms with van der Waals surface area (Å²) in [6.07, 6.45) is 1.95. The van der Waals surface area contributed by atoms with E-state index < -0.39 is 6.03 Å². The largest absolute Gasteiger partial charge is 0.325 e. The van der Waals surface area contributed by atoms with Crippen LogP contribution in [0, 0.1) is 0 Å². The topological polar surface area (TPSA) is 74.3 Å². The van der Waals surface area contributed by atoms with Gasteiger partial charge in [0.2, 0.25) is 5.91 Å². The molecule has 6 nitrogen and oxygen atoms in total. The van der Waals surface area contributed by atoms with Crippen LogP contribution in [-0.4, -0.2) is 41.5 Å². The smallest absolute Gasteiger partial charge is 0.308 e. The van der Waals surface area contributed by atoms with E-state index >= 15 is 0 Å². The van der Waals surface area contributed by atoms with Crippen molar-refractivity contribution in [3.05, 3.63) is 59.6 Å². The Hall–Kier alpha value is -2.77. The van der Waals surface area contributed by atoms with Gasteiger partial charge in [0.15, 0.2) is 0 Å². The number of nitrogens with one attached hydrogen (secondary N) is 2. The van der Waals surface area contributed by atoms with Crippen molar-refractivity contribution in [2.24, 2.45) is 0 Å². The molecule has 2 aromatic carbocycles. The molecule has 2 N–H and O–H groups in total. The number of rotatable bonds is 4. The first-order valence-electron chi connectivity index (χ1n) is 9.41. The second kappa shape index (κ2) is 8.50. The van der Waals surface area contributed by atoms with Gasteiger partial charge in [0, 0.05) is 11.6 Å². The minimum absolute atomic E-state index is 0.231. The number of piperidine rings is 1. The molecule has 1 saturated heterocycles. The zero-order valence-corrected chi connectivity index (χ0v) is 16.2. The second-order valence-electron chi connectivity index (χ2n) is 6.94. The van der Waals surface area contributed by atoms with Crippen LogP contribution < -0.4 is 10.6 Å². The molecule has 0 radical (unpaired) electrons. The molecule has 0 aliphatic carbocycles. The predicted molar refractivity (Wildman–Crippen MR) is 112 cm³/mol. The number of hydrogen-bond acceptors (Lipinski definition) is 5. The number of anilines is 1. The fourth-order valence-electron chi connectivity index (χ4n) is 3.46. The van der Waals surface area contributed by atoms with Crippen molar-refractivity contribution in [1.29, 1.82) is 0 Å². The number of thiazole rings is 1. The Balaban J connectivity index is 1.24. The molecule has 0 unspecified atom stereocenters. The summed E-state index contributed by atoms with van der Waals surface area (Å²) in [5.41, 5.74) is 1.72. The third-order valence-corrected chi connectivity index (χ3v) is 6.10. The normalized spacial score (nSPS) is 15.4. The van der Waals surface area contributed by atoms with Crippen LogP contribution in [-0.2, 0) is 4.79 Å². The van der Waals surface area contributed by atoms with Crippen LogP contribution in [0.1, 0.15) is 23.8 Å². The summed E-state index contributed by atoms with van der Waals surface area (Å²) in [5, 5.41) is 6.24. The predicted octanol–water partition coefficient (Wildman–Crippen LogP) is 3.82. The molecule has 2 heterocycles. The van der Waals surface area contributed by atoms with E-state index in [2.05, 4.69) is 27.7 Å². The highest BCUT2D eigenvalue weighted by Crippen LogP contribution is 2.33. The first kappa shape index (κ1) is 18.6. The molecule has 0 atom stereocenters. The van der Waals surface area contributed by atoms with Gasteiger partial charge < -0.3 is 5.32 Å². The van der Waals surface area contributed by atoms with Gasteiger partial charge in [-0.2, -0.15) is 0 Å². The highest BCUT2D eigenvalue weighted by molar-refractivity contribution is 7.18. The van der Waals surface area contributed by atoms with E-state index in [1.807, 2.05) is 30.3 Å². The average Bonchev–Trinajstić information content (AvgIpc) is 3.13. The number of carbonyl (C=O) groups is 2. The van der Waals surface area contributed by atoms with Gasteiger partial charge in [-0.25, -0.2) is 9.78 Å². The maximum absolute atomic E-state index is 12.2. The lowest BCUT2D eigenvalue weighted by molar-refractivity contribution is -0.121. The lowest BCUT2D eigenvalue weighted by Gasteiger charge is -2.30. The monoisotopic (exact) mass is 394 g/mol. The second-order valence-corrected chi connectivity index (χ2v) is 8.00. The molecule has 3 amide bonds. The van der Waals surface area contributed by atoms with Crippen molar-refractivity contribution in [1.82, 2.24) is 15.2 Å². The Morgan fingerprint density at radius 2 is 1.75 bits per heavy atom. The Labute approximate surface area is 167 Å². The van der Waals surface area contributed by atoms with Gasteiger partial charge in [-0.1, -0.05) is 30.3 Å². The number of urea groups is 1. The SMILES string of the molecule is O=C(CN1CCC(c2nc3ccccc3s2)CC1)NC(=O)Nc1ccccc1. The Kier molecular flexibility index (Phi) is 5.64. The number of likely N-dealkylation sites (tertiary alicyclic amines) is 1. The fourth-order valence-corrected chi connectivity index (χ4v) is 4.59. The number of amides is 3. The quantitative estimate of drug-likeness (QED) is 0.705. The number of nitrogens with zero attached hydrogens (tertiary/aromatic N) is 2. The number of fused-ring (bicyclic) bond motifs is 1. The molecule has 1 aromatic heterocycles. The molecular weight excluding hydrogens is 372 g/mol. The van der Waals surface area contributed by atoms with Crippen LogP contribution in [0.25, 0.3) is 10.2 Å². The molecule has 1 aliphatic heterocycles. The maximum atomic E-state index is 12.2. The van der Waals surface area contributed by atoms with Gasteiger partial charge in [0.25, 0.3) is 0 Å². The van der Waals surface area contributed by atoms with Crippen LogP contribution in [0.15, 0.2) is 54.6 Å². The van der Waals surface area contributed by atoms with E-state index in [0.717, 1.165) is 31.4 Å². The van der Waals surface area contributed by atoms with Crippen molar-refractivity contribution >= 4 is 39.2 Å². The first-order chi connectivity index (χ1) is 13.7.